The third-order valence-electron chi connectivity index (χ3n) is 5.90. The molecule has 8 heteroatoms. The number of anilines is 1. The van der Waals surface area contributed by atoms with Crippen LogP contribution in [0.5, 0.6) is 11.5 Å². The Morgan fingerprint density at radius 1 is 1.06 bits per heavy atom. The molecule has 0 radical (unpaired) electrons. The van der Waals surface area contributed by atoms with Crippen LogP contribution in [0.3, 0.4) is 0 Å². The molecule has 1 fully saturated rings. The smallest absolute Gasteiger partial charge is 0.206 e. The van der Waals surface area contributed by atoms with E-state index in [4.69, 9.17) is 23.7 Å². The van der Waals surface area contributed by atoms with E-state index in [0.29, 0.717) is 31.0 Å². The highest BCUT2D eigenvalue weighted by molar-refractivity contribution is 5.90. The van der Waals surface area contributed by atoms with Crippen LogP contribution in [0.15, 0.2) is 42.5 Å². The van der Waals surface area contributed by atoms with Gasteiger partial charge in [0, 0.05) is 37.9 Å². The molecule has 2 heterocycles. The van der Waals surface area contributed by atoms with Crippen molar-refractivity contribution in [3.05, 3.63) is 59.4 Å². The molecular weight excluding hydrogens is 429 g/mol. The molecule has 2 unspecified atom stereocenters. The van der Waals surface area contributed by atoms with Crippen LogP contribution in [-0.4, -0.2) is 59.5 Å². The quantitative estimate of drug-likeness (QED) is 0.598. The normalized spacial score (nSPS) is 19.0. The molecule has 0 aliphatic carbocycles. The lowest BCUT2D eigenvalue weighted by molar-refractivity contribution is -0.136. The van der Waals surface area contributed by atoms with E-state index in [-0.39, 0.29) is 17.3 Å². The number of methoxy groups -OCH3 is 3. The van der Waals surface area contributed by atoms with Gasteiger partial charge in [0.25, 0.3) is 0 Å². The molecule has 176 valence electrons. The van der Waals surface area contributed by atoms with Crippen molar-refractivity contribution in [3.8, 4) is 11.5 Å². The molecule has 0 spiro atoms. The number of Topliss-reactive ketones (excluding diaryl/α,β-unsaturated/α-hetero) is 1. The maximum atomic E-state index is 14.2. The Kier molecular flexibility index (Phi) is 7.15. The maximum Gasteiger partial charge on any atom is 0.206 e. The van der Waals surface area contributed by atoms with Crippen LogP contribution in [0.25, 0.3) is 5.76 Å². The molecular formula is C25H28FNO6. The van der Waals surface area contributed by atoms with E-state index in [0.717, 1.165) is 24.3 Å². The SMILES string of the molecule is COc1cc(C2=CCC(C(=O)C(OC)c3ccc(N4CCOCC4)cc3)O2)cc(OC)c1F. The van der Waals surface area contributed by atoms with Gasteiger partial charge in [0.1, 0.15) is 11.9 Å². The van der Waals surface area contributed by atoms with E-state index in [1.54, 1.807) is 0 Å². The van der Waals surface area contributed by atoms with Crippen molar-refractivity contribution in [2.24, 2.45) is 0 Å². The first kappa shape index (κ1) is 23.1. The highest BCUT2D eigenvalue weighted by Crippen LogP contribution is 2.36. The predicted octanol–water partition coefficient (Wildman–Crippen LogP) is 3.77. The summed E-state index contributed by atoms with van der Waals surface area (Å²) in [7, 11) is 4.27. The van der Waals surface area contributed by atoms with Crippen LogP contribution in [-0.2, 0) is 19.0 Å². The highest BCUT2D eigenvalue weighted by atomic mass is 19.1. The number of carbonyl (C=O) groups is 1. The zero-order chi connectivity index (χ0) is 23.4. The van der Waals surface area contributed by atoms with E-state index < -0.39 is 18.0 Å². The summed E-state index contributed by atoms with van der Waals surface area (Å²) in [6.45, 7) is 3.10. The zero-order valence-electron chi connectivity index (χ0n) is 19.0. The summed E-state index contributed by atoms with van der Waals surface area (Å²) in [5.74, 6) is -0.209. The summed E-state index contributed by atoms with van der Waals surface area (Å²) in [6, 6.07) is 10.9. The number of benzene rings is 2. The third-order valence-corrected chi connectivity index (χ3v) is 5.90. The Balaban J connectivity index is 1.46. The Morgan fingerprint density at radius 2 is 1.70 bits per heavy atom. The number of nitrogens with zero attached hydrogens (tertiary/aromatic N) is 1. The molecule has 2 atom stereocenters. The van der Waals surface area contributed by atoms with Crippen LogP contribution < -0.4 is 14.4 Å². The van der Waals surface area contributed by atoms with Crippen LogP contribution in [0, 0.1) is 5.82 Å². The van der Waals surface area contributed by atoms with Crippen LogP contribution >= 0.6 is 0 Å². The first-order chi connectivity index (χ1) is 16.0. The van der Waals surface area contributed by atoms with Gasteiger partial charge in [0.2, 0.25) is 11.6 Å². The fourth-order valence-corrected chi connectivity index (χ4v) is 4.10. The van der Waals surface area contributed by atoms with Crippen LogP contribution in [0.4, 0.5) is 10.1 Å². The van der Waals surface area contributed by atoms with E-state index in [1.807, 2.05) is 30.3 Å². The number of carbonyl (C=O) groups excluding carboxylic acids is 1. The molecule has 0 aromatic heterocycles. The Labute approximate surface area is 192 Å². The minimum absolute atomic E-state index is 0.0405. The van der Waals surface area contributed by atoms with Gasteiger partial charge in [-0.05, 0) is 35.9 Å². The van der Waals surface area contributed by atoms with Crippen molar-refractivity contribution in [1.82, 2.24) is 0 Å². The molecule has 2 aromatic carbocycles. The number of hydrogen-bond acceptors (Lipinski definition) is 7. The summed E-state index contributed by atoms with van der Waals surface area (Å²) >= 11 is 0. The van der Waals surface area contributed by atoms with E-state index in [2.05, 4.69) is 4.90 Å². The van der Waals surface area contributed by atoms with Crippen molar-refractivity contribution < 1.29 is 32.9 Å². The molecule has 0 amide bonds. The molecule has 0 saturated carbocycles. The fourth-order valence-electron chi connectivity index (χ4n) is 4.10. The third kappa shape index (κ3) is 4.82. The summed E-state index contributed by atoms with van der Waals surface area (Å²) in [5.41, 5.74) is 2.43. The van der Waals surface area contributed by atoms with Crippen LogP contribution in [0.1, 0.15) is 23.7 Å². The van der Waals surface area contributed by atoms with Crippen molar-refractivity contribution >= 4 is 17.2 Å². The van der Waals surface area contributed by atoms with E-state index >= 15 is 0 Å². The summed E-state index contributed by atoms with van der Waals surface area (Å²) in [5, 5.41) is 0. The number of hydrogen-bond donors (Lipinski definition) is 0. The topological polar surface area (TPSA) is 66.5 Å². The minimum Gasteiger partial charge on any atom is -0.494 e. The fraction of sp³-hybridized carbons (Fsp3) is 0.400. The van der Waals surface area contributed by atoms with Crippen molar-refractivity contribution in [2.75, 3.05) is 52.5 Å². The van der Waals surface area contributed by atoms with Crippen molar-refractivity contribution in [2.45, 2.75) is 18.6 Å². The molecule has 0 N–H and O–H groups in total. The largest absolute Gasteiger partial charge is 0.494 e. The number of halogens is 1. The van der Waals surface area contributed by atoms with Gasteiger partial charge in [-0.15, -0.1) is 0 Å². The van der Waals surface area contributed by atoms with E-state index in [1.165, 1.54) is 33.5 Å². The number of ether oxygens (including phenoxy) is 5. The van der Waals surface area contributed by atoms with Gasteiger partial charge in [-0.2, -0.15) is 4.39 Å². The number of rotatable bonds is 8. The van der Waals surface area contributed by atoms with Gasteiger partial charge in [-0.1, -0.05) is 12.1 Å². The Bertz CT molecular complexity index is 991. The van der Waals surface area contributed by atoms with E-state index in [9.17, 15) is 9.18 Å². The van der Waals surface area contributed by atoms with Gasteiger partial charge in [-0.3, -0.25) is 4.79 Å². The van der Waals surface area contributed by atoms with Gasteiger partial charge in [0.05, 0.1) is 27.4 Å². The average molecular weight is 457 g/mol. The molecule has 2 aliphatic heterocycles. The number of morpholine rings is 1. The molecule has 0 bridgehead atoms. The monoisotopic (exact) mass is 457 g/mol. The predicted molar refractivity (Wildman–Crippen MR) is 121 cm³/mol. The molecule has 7 nitrogen and oxygen atoms in total. The molecule has 4 rings (SSSR count). The summed E-state index contributed by atoms with van der Waals surface area (Å²) in [6.07, 6.45) is 0.745. The van der Waals surface area contributed by atoms with Crippen LogP contribution in [0.2, 0.25) is 0 Å². The van der Waals surface area contributed by atoms with Crippen molar-refractivity contribution in [1.29, 1.82) is 0 Å². The average Bonchev–Trinajstić information content (AvgIpc) is 3.36. The molecule has 2 aromatic rings. The zero-order valence-corrected chi connectivity index (χ0v) is 19.0. The second-order valence-corrected chi connectivity index (χ2v) is 7.81. The van der Waals surface area contributed by atoms with Gasteiger partial charge >= 0.3 is 0 Å². The lowest BCUT2D eigenvalue weighted by Crippen LogP contribution is -2.36. The van der Waals surface area contributed by atoms with Gasteiger partial charge in [0.15, 0.2) is 17.6 Å². The summed E-state index contributed by atoms with van der Waals surface area (Å²) in [4.78, 5) is 15.5. The summed E-state index contributed by atoms with van der Waals surface area (Å²) < 4.78 is 41.3. The first-order valence-corrected chi connectivity index (χ1v) is 10.8. The Hall–Kier alpha value is -3.10. The molecule has 33 heavy (non-hydrogen) atoms. The van der Waals surface area contributed by atoms with Gasteiger partial charge in [-0.25, -0.2) is 0 Å². The first-order valence-electron chi connectivity index (χ1n) is 10.8. The lowest BCUT2D eigenvalue weighted by Gasteiger charge is -2.29. The maximum absolute atomic E-state index is 14.2. The van der Waals surface area contributed by atoms with Crippen molar-refractivity contribution in [3.63, 3.8) is 0 Å². The second-order valence-electron chi connectivity index (χ2n) is 7.81. The minimum atomic E-state index is -0.751. The standard InChI is InChI=1S/C25H28FNO6/c1-29-21-14-17(15-22(30-2)23(21)26)19-8-9-20(33-19)24(28)25(31-3)16-4-6-18(7-5-16)27-10-12-32-13-11-27/h4-8,14-15,20,25H,9-13H2,1-3H3. The Morgan fingerprint density at radius 3 is 2.27 bits per heavy atom. The number of ketones is 1. The lowest BCUT2D eigenvalue weighted by atomic mass is 10.00. The molecule has 1 saturated heterocycles. The van der Waals surface area contributed by atoms with Gasteiger partial charge < -0.3 is 28.6 Å². The second kappa shape index (κ2) is 10.2. The highest BCUT2D eigenvalue weighted by Gasteiger charge is 2.33. The molecule has 2 aliphatic rings.